The zero-order valence-electron chi connectivity index (χ0n) is 11.0. The molecule has 1 amide bonds. The van der Waals surface area contributed by atoms with Crippen LogP contribution in [0.15, 0.2) is 40.9 Å². The Balaban J connectivity index is 2.30. The van der Waals surface area contributed by atoms with Gasteiger partial charge in [-0.05, 0) is 58.7 Å². The third-order valence-electron chi connectivity index (χ3n) is 2.78. The van der Waals surface area contributed by atoms with E-state index in [0.717, 1.165) is 16.1 Å². The van der Waals surface area contributed by atoms with Crippen molar-refractivity contribution in [2.75, 3.05) is 12.4 Å². The maximum Gasteiger partial charge on any atom is 0.259 e. The number of carbonyl (C=O) groups is 1. The molecule has 0 fully saturated rings. The predicted molar refractivity (Wildman–Crippen MR) is 79.8 cm³/mol. The van der Waals surface area contributed by atoms with Gasteiger partial charge in [0.25, 0.3) is 5.91 Å². The van der Waals surface area contributed by atoms with Crippen molar-refractivity contribution in [1.29, 1.82) is 0 Å². The second-order valence-electron chi connectivity index (χ2n) is 4.28. The molecule has 2 aromatic carbocycles. The highest BCUT2D eigenvalue weighted by atomic mass is 79.9. The van der Waals surface area contributed by atoms with Crippen molar-refractivity contribution < 1.29 is 13.9 Å². The van der Waals surface area contributed by atoms with E-state index in [-0.39, 0.29) is 5.56 Å². The number of anilines is 1. The summed E-state index contributed by atoms with van der Waals surface area (Å²) < 4.78 is 19.1. The molecular formula is C15H13BrFNO2. The van der Waals surface area contributed by atoms with Gasteiger partial charge < -0.3 is 10.1 Å². The van der Waals surface area contributed by atoms with Crippen LogP contribution in [0.1, 0.15) is 15.9 Å². The maximum atomic E-state index is 13.3. The molecule has 0 unspecified atom stereocenters. The molecule has 0 radical (unpaired) electrons. The monoisotopic (exact) mass is 337 g/mol. The molecule has 0 atom stereocenters. The van der Waals surface area contributed by atoms with E-state index in [9.17, 15) is 9.18 Å². The second kappa shape index (κ2) is 6.05. The number of hydrogen-bond acceptors (Lipinski definition) is 2. The lowest BCUT2D eigenvalue weighted by Gasteiger charge is -2.11. The number of halogens is 2. The second-order valence-corrected chi connectivity index (χ2v) is 5.14. The van der Waals surface area contributed by atoms with E-state index in [0.29, 0.717) is 11.4 Å². The first-order chi connectivity index (χ1) is 9.51. The fourth-order valence-electron chi connectivity index (χ4n) is 1.77. The summed E-state index contributed by atoms with van der Waals surface area (Å²) in [5.41, 5.74) is 1.84. The zero-order chi connectivity index (χ0) is 14.7. The van der Waals surface area contributed by atoms with Crippen LogP contribution in [0.2, 0.25) is 0 Å². The van der Waals surface area contributed by atoms with Gasteiger partial charge in [-0.3, -0.25) is 4.79 Å². The summed E-state index contributed by atoms with van der Waals surface area (Å²) in [6, 6.07) is 9.37. The van der Waals surface area contributed by atoms with E-state index in [1.165, 1.54) is 19.2 Å². The Morgan fingerprint density at radius 1 is 1.25 bits per heavy atom. The first-order valence-corrected chi connectivity index (χ1v) is 6.71. The molecule has 0 aliphatic carbocycles. The molecule has 1 N–H and O–H groups in total. The van der Waals surface area contributed by atoms with Crippen LogP contribution in [0.25, 0.3) is 0 Å². The van der Waals surface area contributed by atoms with Crippen LogP contribution < -0.4 is 10.1 Å². The number of benzene rings is 2. The lowest BCUT2D eigenvalue weighted by Crippen LogP contribution is -2.14. The summed E-state index contributed by atoms with van der Waals surface area (Å²) in [5, 5.41) is 2.72. The maximum absolute atomic E-state index is 13.3. The van der Waals surface area contributed by atoms with Crippen molar-refractivity contribution >= 4 is 27.5 Å². The number of amides is 1. The predicted octanol–water partition coefficient (Wildman–Crippen LogP) is 4.16. The van der Waals surface area contributed by atoms with E-state index in [1.807, 2.05) is 19.1 Å². The molecule has 2 rings (SSSR count). The molecule has 5 heteroatoms. The first-order valence-electron chi connectivity index (χ1n) is 5.92. The fourth-order valence-corrected chi connectivity index (χ4v) is 2.36. The zero-order valence-corrected chi connectivity index (χ0v) is 12.6. The van der Waals surface area contributed by atoms with Gasteiger partial charge in [-0.15, -0.1) is 0 Å². The summed E-state index contributed by atoms with van der Waals surface area (Å²) in [7, 11) is 1.44. The highest BCUT2D eigenvalue weighted by molar-refractivity contribution is 9.10. The number of nitrogens with one attached hydrogen (secondary N) is 1. The number of methoxy groups -OCH3 is 1. The Morgan fingerprint density at radius 2 is 2.00 bits per heavy atom. The van der Waals surface area contributed by atoms with E-state index in [1.54, 1.807) is 6.07 Å². The van der Waals surface area contributed by atoms with Gasteiger partial charge in [0.2, 0.25) is 0 Å². The average molecular weight is 338 g/mol. The summed E-state index contributed by atoms with van der Waals surface area (Å²) in [5.74, 6) is -0.586. The molecule has 0 spiro atoms. The third kappa shape index (κ3) is 3.17. The van der Waals surface area contributed by atoms with Gasteiger partial charge in [0.15, 0.2) is 0 Å². The van der Waals surface area contributed by atoms with Crippen molar-refractivity contribution in [2.45, 2.75) is 6.92 Å². The number of aryl methyl sites for hydroxylation is 1. The van der Waals surface area contributed by atoms with Crippen molar-refractivity contribution in [3.05, 3.63) is 57.8 Å². The third-order valence-corrected chi connectivity index (χ3v) is 3.44. The van der Waals surface area contributed by atoms with E-state index in [4.69, 9.17) is 4.74 Å². The highest BCUT2D eigenvalue weighted by Gasteiger charge is 2.14. The molecule has 3 nitrogen and oxygen atoms in total. The SMILES string of the molecule is COc1ccc(F)cc1C(=O)Nc1ccc(C)cc1Br. The number of rotatable bonds is 3. The van der Waals surface area contributed by atoms with Crippen LogP contribution in [0.3, 0.4) is 0 Å². The van der Waals surface area contributed by atoms with Gasteiger partial charge in [-0.2, -0.15) is 0 Å². The summed E-state index contributed by atoms with van der Waals surface area (Å²) in [4.78, 5) is 12.2. The molecule has 104 valence electrons. The van der Waals surface area contributed by atoms with Gasteiger partial charge in [-0.1, -0.05) is 6.07 Å². The van der Waals surface area contributed by atoms with E-state index in [2.05, 4.69) is 21.2 Å². The van der Waals surface area contributed by atoms with Gasteiger partial charge in [-0.25, -0.2) is 4.39 Å². The molecule has 0 aliphatic rings. The largest absolute Gasteiger partial charge is 0.496 e. The van der Waals surface area contributed by atoms with Gasteiger partial charge in [0, 0.05) is 4.47 Å². The number of ether oxygens (including phenoxy) is 1. The summed E-state index contributed by atoms with van der Waals surface area (Å²) in [6.45, 7) is 1.95. The topological polar surface area (TPSA) is 38.3 Å². The minimum absolute atomic E-state index is 0.153. The minimum Gasteiger partial charge on any atom is -0.496 e. The van der Waals surface area contributed by atoms with Crippen LogP contribution in [0.4, 0.5) is 10.1 Å². The Morgan fingerprint density at radius 3 is 2.65 bits per heavy atom. The standard InChI is InChI=1S/C15H13BrFNO2/c1-9-3-5-13(12(16)7-9)18-15(19)11-8-10(17)4-6-14(11)20-2/h3-8H,1-2H3,(H,18,19). The Labute approximate surface area is 124 Å². The van der Waals surface area contributed by atoms with Crippen LogP contribution in [-0.2, 0) is 0 Å². The first kappa shape index (κ1) is 14.5. The summed E-state index contributed by atoms with van der Waals surface area (Å²) in [6.07, 6.45) is 0. The quantitative estimate of drug-likeness (QED) is 0.913. The van der Waals surface area contributed by atoms with Crippen molar-refractivity contribution in [3.63, 3.8) is 0 Å². The average Bonchev–Trinajstić information content (AvgIpc) is 2.41. The van der Waals surface area contributed by atoms with E-state index >= 15 is 0 Å². The normalized spacial score (nSPS) is 10.2. The van der Waals surface area contributed by atoms with E-state index < -0.39 is 11.7 Å². The molecule has 0 aromatic heterocycles. The molecule has 0 heterocycles. The molecule has 20 heavy (non-hydrogen) atoms. The van der Waals surface area contributed by atoms with Crippen LogP contribution in [0, 0.1) is 12.7 Å². The Bertz CT molecular complexity index is 658. The molecule has 0 aliphatic heterocycles. The number of carbonyl (C=O) groups excluding carboxylic acids is 1. The number of hydrogen-bond donors (Lipinski definition) is 1. The van der Waals surface area contributed by atoms with Crippen LogP contribution >= 0.6 is 15.9 Å². The lowest BCUT2D eigenvalue weighted by atomic mass is 10.1. The Hall–Kier alpha value is -1.88. The molecule has 2 aromatic rings. The highest BCUT2D eigenvalue weighted by Crippen LogP contribution is 2.26. The van der Waals surface area contributed by atoms with Gasteiger partial charge in [0.05, 0.1) is 18.4 Å². The molecular weight excluding hydrogens is 325 g/mol. The lowest BCUT2D eigenvalue weighted by molar-refractivity contribution is 0.102. The van der Waals surface area contributed by atoms with Crippen molar-refractivity contribution in [1.82, 2.24) is 0 Å². The van der Waals surface area contributed by atoms with Crippen LogP contribution in [-0.4, -0.2) is 13.0 Å². The summed E-state index contributed by atoms with van der Waals surface area (Å²) >= 11 is 3.38. The van der Waals surface area contributed by atoms with Gasteiger partial charge in [0.1, 0.15) is 11.6 Å². The smallest absolute Gasteiger partial charge is 0.259 e. The van der Waals surface area contributed by atoms with Gasteiger partial charge >= 0.3 is 0 Å². The Kier molecular flexibility index (Phi) is 4.39. The minimum atomic E-state index is -0.487. The molecule has 0 bridgehead atoms. The van der Waals surface area contributed by atoms with Crippen molar-refractivity contribution in [3.8, 4) is 5.75 Å². The molecule has 0 saturated heterocycles. The fraction of sp³-hybridized carbons (Fsp3) is 0.133. The van der Waals surface area contributed by atoms with Crippen LogP contribution in [0.5, 0.6) is 5.75 Å². The molecule has 0 saturated carbocycles. The van der Waals surface area contributed by atoms with Crippen molar-refractivity contribution in [2.24, 2.45) is 0 Å².